The second-order valence-electron chi connectivity index (χ2n) is 6.61. The maximum atomic E-state index is 11.1. The van der Waals surface area contributed by atoms with E-state index in [9.17, 15) is 10.2 Å². The van der Waals surface area contributed by atoms with Crippen molar-refractivity contribution in [1.29, 1.82) is 0 Å². The number of rotatable bonds is 2. The topological polar surface area (TPSA) is 52.5 Å². The Kier molecular flexibility index (Phi) is 3.61. The highest BCUT2D eigenvalue weighted by molar-refractivity contribution is 5.24. The highest BCUT2D eigenvalue weighted by Crippen LogP contribution is 2.44. The van der Waals surface area contributed by atoms with E-state index in [-0.39, 0.29) is 6.04 Å². The van der Waals surface area contributed by atoms with E-state index in [0.717, 1.165) is 32.2 Å². The van der Waals surface area contributed by atoms with Crippen LogP contribution in [0.5, 0.6) is 0 Å². The lowest BCUT2D eigenvalue weighted by molar-refractivity contribution is -0.207. The summed E-state index contributed by atoms with van der Waals surface area (Å²) in [5.74, 6) is 0. The van der Waals surface area contributed by atoms with Crippen LogP contribution in [0.3, 0.4) is 0 Å². The molecule has 1 heterocycles. The molecule has 0 unspecified atom stereocenters. The van der Waals surface area contributed by atoms with Crippen molar-refractivity contribution < 1.29 is 10.2 Å². The fourth-order valence-corrected chi connectivity index (χ4v) is 3.92. The molecule has 0 radical (unpaired) electrons. The number of benzene rings is 1. The molecule has 2 fully saturated rings. The molecule has 3 heteroatoms. The summed E-state index contributed by atoms with van der Waals surface area (Å²) in [6, 6.07) is 8.41. The molecule has 3 atom stereocenters. The first-order valence-corrected chi connectivity index (χ1v) is 7.77. The van der Waals surface area contributed by atoms with Crippen LogP contribution >= 0.6 is 0 Å². The molecular weight excluding hydrogens is 250 g/mol. The molecule has 1 aliphatic heterocycles. The zero-order chi connectivity index (χ0) is 14.2. The first-order chi connectivity index (χ1) is 9.53. The zero-order valence-electron chi connectivity index (χ0n) is 12.2. The number of piperidine rings is 1. The van der Waals surface area contributed by atoms with Gasteiger partial charge in [-0.1, -0.05) is 42.7 Å². The van der Waals surface area contributed by atoms with Crippen LogP contribution in [-0.4, -0.2) is 34.0 Å². The van der Waals surface area contributed by atoms with E-state index in [0.29, 0.717) is 12.8 Å². The summed E-state index contributed by atoms with van der Waals surface area (Å²) in [7, 11) is 0. The molecule has 3 nitrogen and oxygen atoms in total. The number of hydrogen-bond acceptors (Lipinski definition) is 3. The van der Waals surface area contributed by atoms with Gasteiger partial charge in [-0.2, -0.15) is 0 Å². The van der Waals surface area contributed by atoms with Crippen molar-refractivity contribution in [3.63, 3.8) is 0 Å². The highest BCUT2D eigenvalue weighted by Gasteiger charge is 2.56. The standard InChI is InChI=1S/C17H25NO2/c1-13-4-6-14(7-5-13)12-15-17(20)9-3-2-8-16(17,19)10-11-18-15/h4-7,15,18-20H,2-3,8-12H2,1H3/t15-,16-,17-/m0/s1. The maximum Gasteiger partial charge on any atom is 0.109 e. The minimum atomic E-state index is -0.978. The van der Waals surface area contributed by atoms with Crippen LogP contribution < -0.4 is 5.32 Å². The molecule has 0 spiro atoms. The molecule has 20 heavy (non-hydrogen) atoms. The fraction of sp³-hybridized carbons (Fsp3) is 0.647. The predicted octanol–water partition coefficient (Wildman–Crippen LogP) is 1.94. The summed E-state index contributed by atoms with van der Waals surface area (Å²) in [4.78, 5) is 0. The molecule has 3 rings (SSSR count). The van der Waals surface area contributed by atoms with Crippen molar-refractivity contribution >= 4 is 0 Å². The summed E-state index contributed by atoms with van der Waals surface area (Å²) in [5, 5.41) is 25.4. The number of aryl methyl sites for hydroxylation is 1. The van der Waals surface area contributed by atoms with Gasteiger partial charge < -0.3 is 15.5 Å². The molecular formula is C17H25NO2. The molecule has 1 aromatic carbocycles. The fourth-order valence-electron chi connectivity index (χ4n) is 3.92. The molecule has 0 aromatic heterocycles. The van der Waals surface area contributed by atoms with Crippen molar-refractivity contribution in [3.8, 4) is 0 Å². The number of nitrogens with one attached hydrogen (secondary N) is 1. The van der Waals surface area contributed by atoms with Crippen molar-refractivity contribution in [2.75, 3.05) is 6.54 Å². The van der Waals surface area contributed by atoms with Crippen LogP contribution in [0, 0.1) is 6.92 Å². The lowest BCUT2D eigenvalue weighted by Crippen LogP contribution is -2.71. The van der Waals surface area contributed by atoms with Gasteiger partial charge in [0.25, 0.3) is 0 Å². The Morgan fingerprint density at radius 2 is 1.80 bits per heavy atom. The van der Waals surface area contributed by atoms with Gasteiger partial charge in [0.1, 0.15) is 5.60 Å². The molecule has 2 aliphatic rings. The average Bonchev–Trinajstić information content (AvgIpc) is 2.43. The Morgan fingerprint density at radius 3 is 2.55 bits per heavy atom. The lowest BCUT2D eigenvalue weighted by atomic mass is 9.63. The van der Waals surface area contributed by atoms with Crippen molar-refractivity contribution in [3.05, 3.63) is 35.4 Å². The van der Waals surface area contributed by atoms with Crippen molar-refractivity contribution in [2.45, 2.75) is 62.7 Å². The van der Waals surface area contributed by atoms with Gasteiger partial charge in [0.05, 0.1) is 5.60 Å². The summed E-state index contributed by atoms with van der Waals surface area (Å²) in [5.41, 5.74) is 0.592. The van der Waals surface area contributed by atoms with E-state index in [1.807, 2.05) is 0 Å². The maximum absolute atomic E-state index is 11.1. The highest BCUT2D eigenvalue weighted by atomic mass is 16.4. The third-order valence-corrected chi connectivity index (χ3v) is 5.27. The minimum Gasteiger partial charge on any atom is -0.387 e. The van der Waals surface area contributed by atoms with E-state index in [2.05, 4.69) is 36.5 Å². The normalized spacial score (nSPS) is 37.5. The number of fused-ring (bicyclic) bond motifs is 1. The summed E-state index contributed by atoms with van der Waals surface area (Å²) < 4.78 is 0. The van der Waals surface area contributed by atoms with Crippen molar-refractivity contribution in [1.82, 2.24) is 5.32 Å². The smallest absolute Gasteiger partial charge is 0.109 e. The minimum absolute atomic E-state index is 0.0516. The van der Waals surface area contributed by atoms with E-state index >= 15 is 0 Å². The van der Waals surface area contributed by atoms with Crippen LogP contribution in [-0.2, 0) is 6.42 Å². The van der Waals surface area contributed by atoms with Gasteiger partial charge in [0.2, 0.25) is 0 Å². The van der Waals surface area contributed by atoms with E-state index in [1.54, 1.807) is 0 Å². The molecule has 3 N–H and O–H groups in total. The summed E-state index contributed by atoms with van der Waals surface area (Å²) >= 11 is 0. The average molecular weight is 275 g/mol. The summed E-state index contributed by atoms with van der Waals surface area (Å²) in [6.45, 7) is 2.87. The molecule has 0 bridgehead atoms. The molecule has 0 amide bonds. The van der Waals surface area contributed by atoms with Gasteiger partial charge in [-0.3, -0.25) is 0 Å². The number of hydrogen-bond donors (Lipinski definition) is 3. The van der Waals surface area contributed by atoms with E-state index in [1.165, 1.54) is 11.1 Å². The van der Waals surface area contributed by atoms with Crippen LogP contribution in [0.1, 0.15) is 43.2 Å². The SMILES string of the molecule is Cc1ccc(C[C@@H]2NCC[C@@]3(O)CCCC[C@]23O)cc1. The second-order valence-corrected chi connectivity index (χ2v) is 6.61. The van der Waals surface area contributed by atoms with Gasteiger partial charge in [-0.05, 0) is 44.7 Å². The molecule has 1 aliphatic carbocycles. The van der Waals surface area contributed by atoms with Gasteiger partial charge in [-0.25, -0.2) is 0 Å². The first kappa shape index (κ1) is 14.1. The number of aliphatic hydroxyl groups is 2. The van der Waals surface area contributed by atoms with E-state index in [4.69, 9.17) is 0 Å². The third kappa shape index (κ3) is 2.28. The Hall–Kier alpha value is -0.900. The van der Waals surface area contributed by atoms with Crippen LogP contribution in [0.25, 0.3) is 0 Å². The Morgan fingerprint density at radius 1 is 1.10 bits per heavy atom. The second kappa shape index (κ2) is 5.14. The zero-order valence-corrected chi connectivity index (χ0v) is 12.2. The third-order valence-electron chi connectivity index (χ3n) is 5.27. The Bertz CT molecular complexity index is 468. The molecule has 1 aromatic rings. The Labute approximate surface area is 121 Å². The van der Waals surface area contributed by atoms with Crippen LogP contribution in [0.2, 0.25) is 0 Å². The van der Waals surface area contributed by atoms with Crippen molar-refractivity contribution in [2.24, 2.45) is 0 Å². The van der Waals surface area contributed by atoms with Gasteiger partial charge >= 0.3 is 0 Å². The monoisotopic (exact) mass is 275 g/mol. The largest absolute Gasteiger partial charge is 0.387 e. The van der Waals surface area contributed by atoms with E-state index < -0.39 is 11.2 Å². The first-order valence-electron chi connectivity index (χ1n) is 7.77. The molecule has 1 saturated carbocycles. The lowest BCUT2D eigenvalue weighted by Gasteiger charge is -2.54. The van der Waals surface area contributed by atoms with Gasteiger partial charge in [0, 0.05) is 6.04 Å². The molecule has 110 valence electrons. The quantitative estimate of drug-likeness (QED) is 0.773. The van der Waals surface area contributed by atoms with Crippen LogP contribution in [0.4, 0.5) is 0 Å². The Balaban J connectivity index is 1.82. The predicted molar refractivity (Wildman–Crippen MR) is 79.7 cm³/mol. The molecule has 1 saturated heterocycles. The van der Waals surface area contributed by atoms with Crippen LogP contribution in [0.15, 0.2) is 24.3 Å². The van der Waals surface area contributed by atoms with Gasteiger partial charge in [-0.15, -0.1) is 0 Å². The van der Waals surface area contributed by atoms with Gasteiger partial charge in [0.15, 0.2) is 0 Å². The summed E-state index contributed by atoms with van der Waals surface area (Å²) in [6.07, 6.45) is 4.90.